The highest BCUT2D eigenvalue weighted by Crippen LogP contribution is 2.55. The zero-order valence-electron chi connectivity index (χ0n) is 30.0. The van der Waals surface area contributed by atoms with Crippen molar-refractivity contribution in [2.75, 3.05) is 11.9 Å². The first-order valence-electron chi connectivity index (χ1n) is 18.3. The molecular weight excluding hydrogens is 649 g/mol. The molecule has 1 atom stereocenters. The highest BCUT2D eigenvalue weighted by molar-refractivity contribution is 6.03. The summed E-state index contributed by atoms with van der Waals surface area (Å²) in [6, 6.07) is 51.0. The molecule has 1 unspecified atom stereocenters. The molecule has 0 N–H and O–H groups in total. The molecule has 0 amide bonds. The molecule has 4 heteroatoms. The lowest BCUT2D eigenvalue weighted by Crippen LogP contribution is -2.61. The molecule has 0 aromatic heterocycles. The van der Waals surface area contributed by atoms with E-state index in [2.05, 4.69) is 184 Å². The number of aliphatic imine (C=N–C) groups is 1. The molecule has 0 aliphatic carbocycles. The van der Waals surface area contributed by atoms with Gasteiger partial charge in [0.05, 0.1) is 11.6 Å². The topological polar surface area (TPSA) is 34.1 Å². The van der Waals surface area contributed by atoms with E-state index in [1.807, 2.05) is 18.3 Å². The fourth-order valence-electron chi connectivity index (χ4n) is 8.71. The summed E-state index contributed by atoms with van der Waals surface area (Å²) in [5.41, 5.74) is 6.83. The number of ether oxygens (including phenoxy) is 2. The van der Waals surface area contributed by atoms with Gasteiger partial charge in [0.15, 0.2) is 11.4 Å². The van der Waals surface area contributed by atoms with Gasteiger partial charge in [-0.25, -0.2) is 0 Å². The fourth-order valence-corrected chi connectivity index (χ4v) is 8.71. The number of hydrogen-bond donors (Lipinski definition) is 0. The Morgan fingerprint density at radius 3 is 2.11 bits per heavy atom. The van der Waals surface area contributed by atoms with E-state index in [1.165, 1.54) is 5.56 Å². The van der Waals surface area contributed by atoms with Crippen molar-refractivity contribution in [2.24, 2.45) is 4.99 Å². The maximum Gasteiger partial charge on any atom is 0.228 e. The lowest BCUT2D eigenvalue weighted by atomic mass is 9.77. The molecule has 0 saturated heterocycles. The second kappa shape index (κ2) is 11.6. The Morgan fingerprint density at radius 2 is 1.34 bits per heavy atom. The Hall–Kier alpha value is -6.39. The van der Waals surface area contributed by atoms with Gasteiger partial charge in [-0.3, -0.25) is 4.99 Å². The molecule has 7 aromatic carbocycles. The van der Waals surface area contributed by atoms with Crippen molar-refractivity contribution >= 4 is 57.4 Å². The molecule has 3 aliphatic rings. The lowest BCUT2D eigenvalue weighted by Gasteiger charge is -2.45. The minimum absolute atomic E-state index is 0.344. The number of likely N-dealkylation sites (N-methyl/N-ethyl adjacent to an activating group) is 1. The van der Waals surface area contributed by atoms with E-state index in [4.69, 9.17) is 14.5 Å². The van der Waals surface area contributed by atoms with E-state index in [1.54, 1.807) is 0 Å². The molecule has 1 spiro atoms. The third-order valence-electron chi connectivity index (χ3n) is 11.6. The molecule has 0 saturated carbocycles. The van der Waals surface area contributed by atoms with Crippen LogP contribution in [0.1, 0.15) is 47.2 Å². The van der Waals surface area contributed by atoms with Crippen LogP contribution >= 0.6 is 0 Å². The third kappa shape index (κ3) is 4.58. The van der Waals surface area contributed by atoms with Gasteiger partial charge < -0.3 is 14.4 Å². The quantitative estimate of drug-likeness (QED) is 0.173. The van der Waals surface area contributed by atoms with Crippen LogP contribution in [-0.4, -0.2) is 19.0 Å². The second-order valence-corrected chi connectivity index (χ2v) is 14.8. The van der Waals surface area contributed by atoms with Gasteiger partial charge in [0.2, 0.25) is 5.72 Å². The Kier molecular flexibility index (Phi) is 6.84. The van der Waals surface area contributed by atoms with Crippen LogP contribution in [0, 0.1) is 0 Å². The Balaban J connectivity index is 1.03. The van der Waals surface area contributed by atoms with Crippen molar-refractivity contribution in [3.8, 4) is 11.5 Å². The van der Waals surface area contributed by atoms with Crippen LogP contribution in [0.4, 0.5) is 11.4 Å². The fraction of sp³-hybridized carbons (Fsp3) is 0.122. The first-order valence-corrected chi connectivity index (χ1v) is 18.3. The molecule has 3 heterocycles. The number of benzene rings is 7. The average molecular weight is 687 g/mol. The lowest BCUT2D eigenvalue weighted by molar-refractivity contribution is 0.0824. The van der Waals surface area contributed by atoms with E-state index < -0.39 is 11.3 Å². The highest BCUT2D eigenvalue weighted by Gasteiger charge is 2.58. The first kappa shape index (κ1) is 31.4. The summed E-state index contributed by atoms with van der Waals surface area (Å²) in [7, 11) is 2.11. The van der Waals surface area contributed by atoms with Crippen molar-refractivity contribution < 1.29 is 9.47 Å². The molecule has 4 nitrogen and oxygen atoms in total. The molecule has 7 aromatic rings. The van der Waals surface area contributed by atoms with Gasteiger partial charge in [0.1, 0.15) is 11.4 Å². The van der Waals surface area contributed by atoms with Crippen LogP contribution in [0.15, 0.2) is 157 Å². The van der Waals surface area contributed by atoms with Crippen molar-refractivity contribution in [3.63, 3.8) is 0 Å². The zero-order chi connectivity index (χ0) is 35.8. The Labute approximate surface area is 310 Å². The number of rotatable bonds is 4. The normalized spacial score (nSPS) is 18.9. The van der Waals surface area contributed by atoms with Gasteiger partial charge in [-0.2, -0.15) is 0 Å². The van der Waals surface area contributed by atoms with Crippen LogP contribution < -0.4 is 14.4 Å². The first-order chi connectivity index (χ1) is 25.9. The van der Waals surface area contributed by atoms with Gasteiger partial charge in [-0.15, -0.1) is 0 Å². The predicted molar refractivity (Wildman–Crippen MR) is 220 cm³/mol. The largest absolute Gasteiger partial charge is 0.473 e. The molecule has 256 valence electrons. The standard InChI is InChI=1S/C49H38N2O2/c1-47(2)42-20-12-13-21-43(42)51(3)49(47)32-50-45-40-19-11-10-14-34(40)31-36(46(45)53-49)24-22-33-23-26-39-35(30-33)25-27-44-41(39)28-29-48(52-44,37-15-6-4-7-16-37)38-17-8-5-9-18-38/h4-32H,1-3H3/b24-22+. The van der Waals surface area contributed by atoms with E-state index in [-0.39, 0.29) is 5.41 Å². The number of hydrogen-bond acceptors (Lipinski definition) is 4. The maximum absolute atomic E-state index is 7.24. The summed E-state index contributed by atoms with van der Waals surface area (Å²) in [5.74, 6) is 1.67. The number of anilines is 1. The van der Waals surface area contributed by atoms with Crippen LogP contribution in [0.25, 0.3) is 39.8 Å². The molecule has 53 heavy (non-hydrogen) atoms. The molecule has 3 aliphatic heterocycles. The highest BCUT2D eigenvalue weighted by atomic mass is 16.5. The summed E-state index contributed by atoms with van der Waals surface area (Å²) in [6.45, 7) is 4.50. The monoisotopic (exact) mass is 686 g/mol. The van der Waals surface area contributed by atoms with Crippen molar-refractivity contribution in [1.29, 1.82) is 0 Å². The Morgan fingerprint density at radius 1 is 0.642 bits per heavy atom. The summed E-state index contributed by atoms with van der Waals surface area (Å²) in [4.78, 5) is 7.43. The van der Waals surface area contributed by atoms with Crippen LogP contribution in [0.2, 0.25) is 0 Å². The second-order valence-electron chi connectivity index (χ2n) is 14.8. The van der Waals surface area contributed by atoms with Crippen LogP contribution in [0.3, 0.4) is 0 Å². The summed E-state index contributed by atoms with van der Waals surface area (Å²) < 4.78 is 14.2. The minimum Gasteiger partial charge on any atom is -0.473 e. The van der Waals surface area contributed by atoms with E-state index in [0.29, 0.717) is 0 Å². The van der Waals surface area contributed by atoms with E-state index >= 15 is 0 Å². The van der Waals surface area contributed by atoms with E-state index in [0.717, 1.165) is 72.2 Å². The van der Waals surface area contributed by atoms with Crippen molar-refractivity contribution in [2.45, 2.75) is 30.6 Å². The minimum atomic E-state index is -0.773. The number of fused-ring (bicyclic) bond motifs is 7. The van der Waals surface area contributed by atoms with Gasteiger partial charge >= 0.3 is 0 Å². The SMILES string of the molecule is CN1c2ccccc2C(C)(C)C12C=Nc1c(c(/C=C/c3ccc4c5c(ccc4c3)OC(c3ccccc3)(c3ccccc3)C=C5)cc3ccccc13)O2. The van der Waals surface area contributed by atoms with Gasteiger partial charge in [-0.05, 0) is 77.6 Å². The summed E-state index contributed by atoms with van der Waals surface area (Å²) in [5, 5.41) is 4.51. The summed E-state index contributed by atoms with van der Waals surface area (Å²) >= 11 is 0. The molecular formula is C49H38N2O2. The molecule has 10 rings (SSSR count). The van der Waals surface area contributed by atoms with Gasteiger partial charge in [0.25, 0.3) is 0 Å². The average Bonchev–Trinajstić information content (AvgIpc) is 3.37. The smallest absolute Gasteiger partial charge is 0.228 e. The molecule has 0 fully saturated rings. The molecule has 0 bridgehead atoms. The molecule has 0 radical (unpaired) electrons. The third-order valence-corrected chi connectivity index (χ3v) is 11.6. The van der Waals surface area contributed by atoms with Gasteiger partial charge in [-0.1, -0.05) is 133 Å². The van der Waals surface area contributed by atoms with Crippen LogP contribution in [-0.2, 0) is 11.0 Å². The predicted octanol–water partition coefficient (Wildman–Crippen LogP) is 11.7. The van der Waals surface area contributed by atoms with Crippen LogP contribution in [0.5, 0.6) is 11.5 Å². The zero-order valence-corrected chi connectivity index (χ0v) is 30.0. The number of nitrogens with zero attached hydrogens (tertiary/aromatic N) is 2. The maximum atomic E-state index is 7.24. The van der Waals surface area contributed by atoms with Crippen molar-refractivity contribution in [3.05, 3.63) is 185 Å². The van der Waals surface area contributed by atoms with Crippen molar-refractivity contribution in [1.82, 2.24) is 0 Å². The van der Waals surface area contributed by atoms with Gasteiger partial charge in [0, 0.05) is 40.4 Å². The summed E-state index contributed by atoms with van der Waals surface area (Å²) in [6.07, 6.45) is 10.8. The van der Waals surface area contributed by atoms with E-state index in [9.17, 15) is 0 Å². The number of para-hydroxylation sites is 1. The Bertz CT molecular complexity index is 2630.